The van der Waals surface area contributed by atoms with Gasteiger partial charge in [-0.15, -0.1) is 0 Å². The third-order valence-electron chi connectivity index (χ3n) is 5.26. The van der Waals surface area contributed by atoms with Gasteiger partial charge in [-0.1, -0.05) is 0 Å². The quantitative estimate of drug-likeness (QED) is 0.572. The first kappa shape index (κ1) is 19.8. The molecule has 0 bridgehead atoms. The highest BCUT2D eigenvalue weighted by molar-refractivity contribution is 6.34. The van der Waals surface area contributed by atoms with Crippen molar-refractivity contribution in [1.82, 2.24) is 4.90 Å². The maximum Gasteiger partial charge on any atom is 0.338 e. The largest absolute Gasteiger partial charge is 0.449 e. The van der Waals surface area contributed by atoms with Gasteiger partial charge in [0.25, 0.3) is 17.7 Å². The van der Waals surface area contributed by atoms with Crippen LogP contribution in [-0.4, -0.2) is 47.8 Å². The number of nitrogens with zero attached hydrogens (tertiary/aromatic N) is 2. The Morgan fingerprint density at radius 1 is 0.967 bits per heavy atom. The molecule has 1 fully saturated rings. The van der Waals surface area contributed by atoms with Crippen molar-refractivity contribution < 1.29 is 28.3 Å². The number of fused-ring (bicyclic) bond motifs is 1. The Morgan fingerprint density at radius 2 is 1.60 bits per heavy atom. The van der Waals surface area contributed by atoms with Gasteiger partial charge in [0.05, 0.1) is 22.4 Å². The van der Waals surface area contributed by atoms with Gasteiger partial charge in [-0.2, -0.15) is 0 Å². The Balaban J connectivity index is 1.53. The summed E-state index contributed by atoms with van der Waals surface area (Å²) in [6.07, 6.45) is 0.910. The molecule has 2 aliphatic rings. The molecule has 0 radical (unpaired) electrons. The van der Waals surface area contributed by atoms with Crippen LogP contribution >= 0.6 is 0 Å². The molecule has 0 unspecified atom stereocenters. The number of carbonyl (C=O) groups is 4. The maximum absolute atomic E-state index is 13.2. The average molecular weight is 410 g/mol. The second-order valence-corrected chi connectivity index (χ2v) is 7.26. The topological polar surface area (TPSA) is 84.0 Å². The number of rotatable bonds is 4. The standard InChI is InChI=1S/C22H19FN2O5/c1-13(19(26)24-10-2-3-11-24)30-22(29)14-4-9-17-18(12-14)21(28)25(20(17)27)16-7-5-15(23)6-8-16/h4-9,12-13H,2-3,10-11H2,1H3/t13-/m1/s1. The summed E-state index contributed by atoms with van der Waals surface area (Å²) in [7, 11) is 0. The van der Waals surface area contributed by atoms with E-state index in [9.17, 15) is 23.6 Å². The van der Waals surface area contributed by atoms with E-state index in [4.69, 9.17) is 4.74 Å². The summed E-state index contributed by atoms with van der Waals surface area (Å²) in [5.74, 6) is -2.66. The lowest BCUT2D eigenvalue weighted by atomic mass is 10.1. The van der Waals surface area contributed by atoms with E-state index in [1.165, 1.54) is 37.3 Å². The van der Waals surface area contributed by atoms with E-state index >= 15 is 0 Å². The summed E-state index contributed by atoms with van der Waals surface area (Å²) < 4.78 is 18.4. The molecular weight excluding hydrogens is 391 g/mol. The molecule has 2 aliphatic heterocycles. The van der Waals surface area contributed by atoms with E-state index in [0.717, 1.165) is 29.9 Å². The van der Waals surface area contributed by atoms with Crippen molar-refractivity contribution in [2.75, 3.05) is 18.0 Å². The molecule has 154 valence electrons. The van der Waals surface area contributed by atoms with Gasteiger partial charge in [0.15, 0.2) is 6.10 Å². The van der Waals surface area contributed by atoms with E-state index in [-0.39, 0.29) is 28.3 Å². The number of ether oxygens (including phenoxy) is 1. The number of hydrogen-bond donors (Lipinski definition) is 0. The SMILES string of the molecule is C[C@@H](OC(=O)c1ccc2c(c1)C(=O)N(c1ccc(F)cc1)C2=O)C(=O)N1CCCC1. The fourth-order valence-corrected chi connectivity index (χ4v) is 3.67. The van der Waals surface area contributed by atoms with Crippen LogP contribution in [0.4, 0.5) is 10.1 Å². The summed E-state index contributed by atoms with van der Waals surface area (Å²) in [6, 6.07) is 9.02. The number of likely N-dealkylation sites (tertiary alicyclic amines) is 1. The number of esters is 1. The molecule has 2 heterocycles. The predicted octanol–water partition coefficient (Wildman–Crippen LogP) is 2.79. The van der Waals surface area contributed by atoms with Crippen LogP contribution in [0.3, 0.4) is 0 Å². The Labute approximate surface area is 172 Å². The fourth-order valence-electron chi connectivity index (χ4n) is 3.67. The molecule has 1 saturated heterocycles. The normalized spacial score (nSPS) is 16.6. The predicted molar refractivity (Wildman–Crippen MR) is 105 cm³/mol. The van der Waals surface area contributed by atoms with Crippen molar-refractivity contribution in [3.8, 4) is 0 Å². The first-order valence-corrected chi connectivity index (χ1v) is 9.65. The molecule has 0 aromatic heterocycles. The fraction of sp³-hybridized carbons (Fsp3) is 0.273. The van der Waals surface area contributed by atoms with Gasteiger partial charge in [0, 0.05) is 13.1 Å². The van der Waals surface area contributed by atoms with E-state index < -0.39 is 29.7 Å². The van der Waals surface area contributed by atoms with Gasteiger partial charge in [0.1, 0.15) is 5.82 Å². The number of carbonyl (C=O) groups excluding carboxylic acids is 4. The van der Waals surface area contributed by atoms with Crippen molar-refractivity contribution in [2.24, 2.45) is 0 Å². The highest BCUT2D eigenvalue weighted by Crippen LogP contribution is 2.29. The smallest absolute Gasteiger partial charge is 0.338 e. The zero-order valence-electron chi connectivity index (χ0n) is 16.3. The number of benzene rings is 2. The lowest BCUT2D eigenvalue weighted by Gasteiger charge is -2.20. The van der Waals surface area contributed by atoms with Gasteiger partial charge in [-0.25, -0.2) is 14.1 Å². The van der Waals surface area contributed by atoms with E-state index in [0.29, 0.717) is 13.1 Å². The van der Waals surface area contributed by atoms with Gasteiger partial charge >= 0.3 is 5.97 Å². The van der Waals surface area contributed by atoms with Gasteiger partial charge in [0.2, 0.25) is 0 Å². The third-order valence-corrected chi connectivity index (χ3v) is 5.26. The van der Waals surface area contributed by atoms with Crippen molar-refractivity contribution in [3.05, 3.63) is 65.0 Å². The van der Waals surface area contributed by atoms with Crippen LogP contribution in [0.2, 0.25) is 0 Å². The first-order chi connectivity index (χ1) is 14.4. The molecule has 4 rings (SSSR count). The number of amides is 3. The van der Waals surface area contributed by atoms with Gasteiger partial charge in [-0.3, -0.25) is 14.4 Å². The Morgan fingerprint density at radius 3 is 2.27 bits per heavy atom. The van der Waals surface area contributed by atoms with Crippen LogP contribution in [-0.2, 0) is 9.53 Å². The molecule has 30 heavy (non-hydrogen) atoms. The van der Waals surface area contributed by atoms with Crippen molar-refractivity contribution in [2.45, 2.75) is 25.9 Å². The zero-order chi connectivity index (χ0) is 21.4. The minimum Gasteiger partial charge on any atom is -0.449 e. The van der Waals surface area contributed by atoms with Crippen molar-refractivity contribution in [1.29, 1.82) is 0 Å². The summed E-state index contributed by atoms with van der Waals surface area (Å²) in [5, 5.41) is 0. The van der Waals surface area contributed by atoms with Crippen LogP contribution < -0.4 is 4.90 Å². The van der Waals surface area contributed by atoms with Crippen LogP contribution in [0, 0.1) is 5.82 Å². The minimum atomic E-state index is -0.947. The van der Waals surface area contributed by atoms with Crippen LogP contribution in [0.1, 0.15) is 50.8 Å². The van der Waals surface area contributed by atoms with E-state index in [2.05, 4.69) is 0 Å². The summed E-state index contributed by atoms with van der Waals surface area (Å²) >= 11 is 0. The van der Waals surface area contributed by atoms with Crippen molar-refractivity contribution >= 4 is 29.4 Å². The molecule has 0 spiro atoms. The van der Waals surface area contributed by atoms with Crippen molar-refractivity contribution in [3.63, 3.8) is 0 Å². The van der Waals surface area contributed by atoms with Gasteiger partial charge < -0.3 is 9.64 Å². The zero-order valence-corrected chi connectivity index (χ0v) is 16.3. The Hall–Kier alpha value is -3.55. The number of hydrogen-bond acceptors (Lipinski definition) is 5. The Kier molecular flexibility index (Phi) is 5.07. The first-order valence-electron chi connectivity index (χ1n) is 9.65. The number of anilines is 1. The highest BCUT2D eigenvalue weighted by atomic mass is 19.1. The summed E-state index contributed by atoms with van der Waals surface area (Å²) in [4.78, 5) is 52.8. The molecule has 8 heteroatoms. The minimum absolute atomic E-state index is 0.0531. The molecule has 2 aromatic carbocycles. The molecule has 1 atom stereocenters. The molecular formula is C22H19FN2O5. The van der Waals surface area contributed by atoms with Crippen LogP contribution in [0.15, 0.2) is 42.5 Å². The van der Waals surface area contributed by atoms with Gasteiger partial charge in [-0.05, 0) is 62.2 Å². The number of halogens is 1. The summed E-state index contributed by atoms with van der Waals surface area (Å²) in [5.41, 5.74) is 0.493. The molecule has 0 saturated carbocycles. The second kappa shape index (κ2) is 7.70. The number of imide groups is 1. The lowest BCUT2D eigenvalue weighted by molar-refractivity contribution is -0.138. The molecule has 7 nitrogen and oxygen atoms in total. The monoisotopic (exact) mass is 410 g/mol. The molecule has 0 aliphatic carbocycles. The second-order valence-electron chi connectivity index (χ2n) is 7.26. The average Bonchev–Trinajstić information content (AvgIpc) is 3.36. The molecule has 2 aromatic rings. The van der Waals surface area contributed by atoms with E-state index in [1.54, 1.807) is 4.90 Å². The maximum atomic E-state index is 13.2. The van der Waals surface area contributed by atoms with E-state index in [1.807, 2.05) is 0 Å². The van der Waals surface area contributed by atoms with Crippen LogP contribution in [0.25, 0.3) is 0 Å². The lowest BCUT2D eigenvalue weighted by Crippen LogP contribution is -2.38. The third kappa shape index (κ3) is 3.45. The molecule has 3 amide bonds. The Bertz CT molecular complexity index is 1040. The molecule has 0 N–H and O–H groups in total. The van der Waals surface area contributed by atoms with Crippen LogP contribution in [0.5, 0.6) is 0 Å². The highest BCUT2D eigenvalue weighted by Gasteiger charge is 2.37. The summed E-state index contributed by atoms with van der Waals surface area (Å²) in [6.45, 7) is 2.81.